The number of halogens is 3. The Kier molecular flexibility index (Phi) is 3.83. The molecule has 2 aromatic heterocycles. The molecule has 2 aromatic rings. The van der Waals surface area contributed by atoms with Gasteiger partial charge in [-0.05, 0) is 24.8 Å². The van der Waals surface area contributed by atoms with Gasteiger partial charge in [0.05, 0.1) is 22.2 Å². The van der Waals surface area contributed by atoms with Gasteiger partial charge in [-0.1, -0.05) is 0 Å². The molecule has 0 saturated heterocycles. The van der Waals surface area contributed by atoms with Crippen LogP contribution in [-0.4, -0.2) is 34.2 Å². The number of aromatic carboxylic acids is 1. The minimum atomic E-state index is -4.34. The highest BCUT2D eigenvalue weighted by molar-refractivity contribution is 7.17. The molecule has 0 aliphatic heterocycles. The number of carbonyl (C=O) groups excluding carboxylic acids is 1. The number of nitrogens with one attached hydrogen (secondary N) is 2. The second-order valence-corrected chi connectivity index (χ2v) is 6.52. The van der Waals surface area contributed by atoms with Crippen molar-refractivity contribution in [1.29, 1.82) is 0 Å². The lowest BCUT2D eigenvalue weighted by molar-refractivity contribution is -0.140. The number of aromatic amines is 1. The van der Waals surface area contributed by atoms with E-state index in [0.29, 0.717) is 23.1 Å². The first-order chi connectivity index (χ1) is 10.7. The summed E-state index contributed by atoms with van der Waals surface area (Å²) in [6.45, 7) is 0. The van der Waals surface area contributed by atoms with Crippen LogP contribution in [0.1, 0.15) is 40.1 Å². The average molecular weight is 346 g/mol. The molecule has 1 fully saturated rings. The Hall–Kier alpha value is -2.03. The summed E-state index contributed by atoms with van der Waals surface area (Å²) in [6, 6.07) is 0.516. The Morgan fingerprint density at radius 3 is 2.70 bits per heavy atom. The van der Waals surface area contributed by atoms with Crippen molar-refractivity contribution in [2.24, 2.45) is 5.92 Å². The summed E-state index contributed by atoms with van der Waals surface area (Å²) in [7, 11) is 0. The van der Waals surface area contributed by atoms with Gasteiger partial charge in [-0.2, -0.15) is 13.2 Å². The SMILES string of the molecule is O=C(NC(CC(F)(F)F)C1CC1)c1cc2scc(C(=O)O)c2[nH]1. The molecule has 5 nitrogen and oxygen atoms in total. The molecular formula is C14H13F3N2O3S. The fraction of sp³-hybridized carbons (Fsp3) is 0.429. The molecular weight excluding hydrogens is 333 g/mol. The van der Waals surface area contributed by atoms with Gasteiger partial charge in [0.1, 0.15) is 5.69 Å². The topological polar surface area (TPSA) is 82.2 Å². The van der Waals surface area contributed by atoms with Crippen LogP contribution in [0.4, 0.5) is 13.2 Å². The third-order valence-electron chi connectivity index (χ3n) is 3.79. The van der Waals surface area contributed by atoms with Crippen LogP contribution in [-0.2, 0) is 0 Å². The van der Waals surface area contributed by atoms with E-state index >= 15 is 0 Å². The molecule has 23 heavy (non-hydrogen) atoms. The molecule has 3 N–H and O–H groups in total. The smallest absolute Gasteiger partial charge is 0.391 e. The van der Waals surface area contributed by atoms with E-state index in [4.69, 9.17) is 5.11 Å². The van der Waals surface area contributed by atoms with Gasteiger partial charge in [0, 0.05) is 11.4 Å². The summed E-state index contributed by atoms with van der Waals surface area (Å²) in [4.78, 5) is 25.9. The van der Waals surface area contributed by atoms with Crippen LogP contribution >= 0.6 is 11.3 Å². The summed E-state index contributed by atoms with van der Waals surface area (Å²) in [5, 5.41) is 12.9. The zero-order valence-electron chi connectivity index (χ0n) is 11.7. The third-order valence-corrected chi connectivity index (χ3v) is 4.72. The number of carbonyl (C=O) groups is 2. The van der Waals surface area contributed by atoms with E-state index in [2.05, 4.69) is 10.3 Å². The fourth-order valence-electron chi connectivity index (χ4n) is 2.52. The monoisotopic (exact) mass is 346 g/mol. The predicted octanol–water partition coefficient (Wildman–Crippen LogP) is 3.39. The van der Waals surface area contributed by atoms with Crippen molar-refractivity contribution in [3.63, 3.8) is 0 Å². The van der Waals surface area contributed by atoms with Crippen LogP contribution in [0.2, 0.25) is 0 Å². The lowest BCUT2D eigenvalue weighted by atomic mass is 10.1. The van der Waals surface area contributed by atoms with Crippen LogP contribution < -0.4 is 5.32 Å². The largest absolute Gasteiger partial charge is 0.478 e. The first-order valence-corrected chi connectivity index (χ1v) is 7.83. The normalized spacial score (nSPS) is 16.5. The number of rotatable bonds is 5. The zero-order chi connectivity index (χ0) is 16.8. The maximum atomic E-state index is 12.6. The van der Waals surface area contributed by atoms with Gasteiger partial charge < -0.3 is 15.4 Å². The second-order valence-electron chi connectivity index (χ2n) is 5.61. The van der Waals surface area contributed by atoms with E-state index in [1.807, 2.05) is 0 Å². The molecule has 2 heterocycles. The molecule has 0 bridgehead atoms. The molecule has 1 aliphatic carbocycles. The maximum Gasteiger partial charge on any atom is 0.391 e. The van der Waals surface area contributed by atoms with E-state index in [1.165, 1.54) is 11.4 Å². The molecule has 3 rings (SSSR count). The molecule has 0 radical (unpaired) electrons. The number of H-pyrrole nitrogens is 1. The molecule has 9 heteroatoms. The highest BCUT2D eigenvalue weighted by Gasteiger charge is 2.40. The Bertz CT molecular complexity index is 761. The number of carboxylic acid groups (broad SMARTS) is 1. The minimum Gasteiger partial charge on any atom is -0.478 e. The van der Waals surface area contributed by atoms with Crippen molar-refractivity contribution in [3.05, 3.63) is 22.7 Å². The third kappa shape index (κ3) is 3.49. The van der Waals surface area contributed by atoms with Crippen molar-refractivity contribution in [3.8, 4) is 0 Å². The summed E-state index contributed by atoms with van der Waals surface area (Å²) >= 11 is 1.16. The van der Waals surface area contributed by atoms with Crippen LogP contribution in [0.25, 0.3) is 10.2 Å². The van der Waals surface area contributed by atoms with Crippen LogP contribution in [0.15, 0.2) is 11.4 Å². The number of amides is 1. The second kappa shape index (κ2) is 5.55. The Labute approximate surface area is 132 Å². The highest BCUT2D eigenvalue weighted by atomic mass is 32.1. The minimum absolute atomic E-state index is 0.0399. The van der Waals surface area contributed by atoms with E-state index in [1.54, 1.807) is 0 Å². The molecule has 1 unspecified atom stereocenters. The number of thiophene rings is 1. The molecule has 1 saturated carbocycles. The first-order valence-electron chi connectivity index (χ1n) is 6.95. The van der Waals surface area contributed by atoms with E-state index in [0.717, 1.165) is 11.3 Å². The maximum absolute atomic E-state index is 12.6. The summed E-state index contributed by atoms with van der Waals surface area (Å²) in [5.41, 5.74) is 0.423. The quantitative estimate of drug-likeness (QED) is 0.776. The lowest BCUT2D eigenvalue weighted by Crippen LogP contribution is -2.39. The van der Waals surface area contributed by atoms with Gasteiger partial charge in [0.15, 0.2) is 0 Å². The van der Waals surface area contributed by atoms with E-state index in [-0.39, 0.29) is 17.2 Å². The molecule has 1 amide bonds. The zero-order valence-corrected chi connectivity index (χ0v) is 12.6. The van der Waals surface area contributed by atoms with Gasteiger partial charge in [-0.25, -0.2) is 4.79 Å². The molecule has 124 valence electrons. The number of hydrogen-bond donors (Lipinski definition) is 3. The molecule has 0 spiro atoms. The Morgan fingerprint density at radius 2 is 2.13 bits per heavy atom. The number of alkyl halides is 3. The summed E-state index contributed by atoms with van der Waals surface area (Å²) < 4.78 is 38.3. The standard InChI is InChI=1S/C14H13F3N2O3S/c15-14(16,17)4-9(6-1-2-6)19-12(20)8-3-10-11(18-8)7(5-23-10)13(21)22/h3,5-6,9,18H,1-2,4H2,(H,19,20)(H,21,22). The van der Waals surface area contributed by atoms with Gasteiger partial charge in [-0.3, -0.25) is 4.79 Å². The summed E-state index contributed by atoms with van der Waals surface area (Å²) in [6.07, 6.45) is -4.06. The number of carboxylic acids is 1. The van der Waals surface area contributed by atoms with Crippen molar-refractivity contribution in [2.75, 3.05) is 0 Å². The number of aromatic nitrogens is 1. The van der Waals surface area contributed by atoms with Crippen LogP contribution in [0.3, 0.4) is 0 Å². The number of hydrogen-bond acceptors (Lipinski definition) is 3. The van der Waals surface area contributed by atoms with Gasteiger partial charge in [0.2, 0.25) is 0 Å². The average Bonchev–Trinajstić information content (AvgIpc) is 3.05. The van der Waals surface area contributed by atoms with E-state index in [9.17, 15) is 22.8 Å². The Balaban J connectivity index is 1.78. The van der Waals surface area contributed by atoms with Crippen molar-refractivity contribution in [2.45, 2.75) is 31.5 Å². The van der Waals surface area contributed by atoms with Gasteiger partial charge in [0.25, 0.3) is 5.91 Å². The van der Waals surface area contributed by atoms with Crippen molar-refractivity contribution in [1.82, 2.24) is 10.3 Å². The summed E-state index contributed by atoms with van der Waals surface area (Å²) in [5.74, 6) is -1.92. The fourth-order valence-corrected chi connectivity index (χ4v) is 3.45. The van der Waals surface area contributed by atoms with Gasteiger partial charge in [-0.15, -0.1) is 11.3 Å². The van der Waals surface area contributed by atoms with Gasteiger partial charge >= 0.3 is 12.1 Å². The Morgan fingerprint density at radius 1 is 1.43 bits per heavy atom. The first kappa shape index (κ1) is 15.9. The number of fused-ring (bicyclic) bond motifs is 1. The lowest BCUT2D eigenvalue weighted by Gasteiger charge is -2.19. The molecule has 1 aliphatic rings. The van der Waals surface area contributed by atoms with Crippen LogP contribution in [0.5, 0.6) is 0 Å². The van der Waals surface area contributed by atoms with Crippen molar-refractivity contribution >= 4 is 33.4 Å². The van der Waals surface area contributed by atoms with E-state index < -0.39 is 30.5 Å². The van der Waals surface area contributed by atoms with Crippen LogP contribution in [0, 0.1) is 5.92 Å². The molecule has 1 atom stereocenters. The predicted molar refractivity (Wildman–Crippen MR) is 77.8 cm³/mol. The van der Waals surface area contributed by atoms with Crippen molar-refractivity contribution < 1.29 is 27.9 Å². The molecule has 0 aromatic carbocycles. The highest BCUT2D eigenvalue weighted by Crippen LogP contribution is 2.38.